The van der Waals surface area contributed by atoms with Gasteiger partial charge in [-0.05, 0) is 132 Å². The number of para-hydroxylation sites is 2. The van der Waals surface area contributed by atoms with E-state index in [2.05, 4.69) is 34.6 Å². The molecule has 3 aromatic carbocycles. The molecule has 0 aliphatic carbocycles. The first-order chi connectivity index (χ1) is 25.5. The van der Waals surface area contributed by atoms with Crippen LogP contribution in [0, 0.1) is 18.2 Å². The van der Waals surface area contributed by atoms with Gasteiger partial charge in [-0.15, -0.1) is 0 Å². The van der Waals surface area contributed by atoms with E-state index < -0.39 is 49.3 Å². The molecule has 0 radical (unpaired) electrons. The maximum atomic E-state index is 14.7. The SMILES string of the molecule is Cc1nc2ccccc2n1C1CC2CCC(C1)N2CCC1(c2cccc(F)c2)CCN(C(=O)C(C)(C)C(=O)NS(=O)(=O)c2ccc(C(F)(F)F)cc2)CC1. The van der Waals surface area contributed by atoms with Gasteiger partial charge in [0.1, 0.15) is 17.1 Å². The second kappa shape index (κ2) is 14.1. The monoisotopic (exact) mass is 767 g/mol. The molecule has 3 aliphatic heterocycles. The zero-order chi connectivity index (χ0) is 38.6. The van der Waals surface area contributed by atoms with Gasteiger partial charge in [0.05, 0.1) is 21.5 Å². The molecule has 7 rings (SSSR count). The highest BCUT2D eigenvalue weighted by molar-refractivity contribution is 7.90. The predicted octanol–water partition coefficient (Wildman–Crippen LogP) is 7.15. The lowest BCUT2D eigenvalue weighted by Gasteiger charge is -2.46. The van der Waals surface area contributed by atoms with Gasteiger partial charge in [0.2, 0.25) is 11.8 Å². The Kier molecular flexibility index (Phi) is 9.91. The Morgan fingerprint density at radius 2 is 1.56 bits per heavy atom. The zero-order valence-electron chi connectivity index (χ0n) is 30.6. The molecular weight excluding hydrogens is 723 g/mol. The predicted molar refractivity (Wildman–Crippen MR) is 195 cm³/mol. The molecule has 14 heteroatoms. The van der Waals surface area contributed by atoms with Gasteiger partial charge >= 0.3 is 6.18 Å². The van der Waals surface area contributed by atoms with E-state index in [4.69, 9.17) is 4.98 Å². The average molecular weight is 768 g/mol. The summed E-state index contributed by atoms with van der Waals surface area (Å²) >= 11 is 0. The van der Waals surface area contributed by atoms with Crippen molar-refractivity contribution >= 4 is 32.9 Å². The normalized spacial score (nSPS) is 22.1. The molecular formula is C40H45F4N5O4S. The highest BCUT2D eigenvalue weighted by Gasteiger charge is 2.47. The van der Waals surface area contributed by atoms with E-state index in [1.54, 1.807) is 17.0 Å². The van der Waals surface area contributed by atoms with E-state index in [9.17, 15) is 35.6 Å². The lowest BCUT2D eigenvalue weighted by Crippen LogP contribution is -2.54. The Hall–Kier alpha value is -4.30. The third-order valence-corrected chi connectivity index (χ3v) is 13.5. The topological polar surface area (TPSA) is 105 Å². The van der Waals surface area contributed by atoms with Crippen LogP contribution in [0.3, 0.4) is 0 Å². The number of aromatic nitrogens is 2. The zero-order valence-corrected chi connectivity index (χ0v) is 31.4. The van der Waals surface area contributed by atoms with Gasteiger partial charge in [-0.3, -0.25) is 14.5 Å². The molecule has 288 valence electrons. The molecule has 2 atom stereocenters. The van der Waals surface area contributed by atoms with Crippen molar-refractivity contribution < 1.29 is 35.6 Å². The number of aryl methyl sites for hydroxylation is 1. The van der Waals surface area contributed by atoms with E-state index in [0.29, 0.717) is 43.1 Å². The molecule has 3 fully saturated rings. The largest absolute Gasteiger partial charge is 0.416 e. The van der Waals surface area contributed by atoms with E-state index in [1.165, 1.54) is 25.4 Å². The Morgan fingerprint density at radius 3 is 2.19 bits per heavy atom. The molecule has 4 aromatic rings. The van der Waals surface area contributed by atoms with Crippen molar-refractivity contribution in [1.29, 1.82) is 0 Å². The number of benzene rings is 3. The number of piperidine rings is 2. The minimum absolute atomic E-state index is 0.277. The highest BCUT2D eigenvalue weighted by Crippen LogP contribution is 2.45. The Morgan fingerprint density at radius 1 is 0.907 bits per heavy atom. The fraction of sp³-hybridized carbons (Fsp3) is 0.475. The van der Waals surface area contributed by atoms with Crippen LogP contribution in [0.15, 0.2) is 77.7 Å². The molecule has 4 heterocycles. The summed E-state index contributed by atoms with van der Waals surface area (Å²) < 4.78 is 83.9. The number of hydrogen-bond acceptors (Lipinski definition) is 6. The van der Waals surface area contributed by atoms with Crippen LogP contribution in [0.25, 0.3) is 11.0 Å². The summed E-state index contributed by atoms with van der Waals surface area (Å²) in [5, 5.41) is 0. The fourth-order valence-electron chi connectivity index (χ4n) is 9.05. The van der Waals surface area contributed by atoms with Crippen LogP contribution in [0.2, 0.25) is 0 Å². The molecule has 2 unspecified atom stereocenters. The molecule has 0 saturated carbocycles. The number of nitrogens with one attached hydrogen (secondary N) is 1. The molecule has 3 aliphatic rings. The number of carbonyl (C=O) groups is 2. The summed E-state index contributed by atoms with van der Waals surface area (Å²) in [6.07, 6.45) is 1.44. The van der Waals surface area contributed by atoms with E-state index >= 15 is 0 Å². The molecule has 3 saturated heterocycles. The first-order valence-corrected chi connectivity index (χ1v) is 20.0. The highest BCUT2D eigenvalue weighted by atomic mass is 32.2. The number of alkyl halides is 3. The van der Waals surface area contributed by atoms with Crippen LogP contribution >= 0.6 is 0 Å². The quantitative estimate of drug-likeness (QED) is 0.143. The maximum absolute atomic E-state index is 14.7. The van der Waals surface area contributed by atoms with Crippen LogP contribution in [0.4, 0.5) is 17.6 Å². The smallest absolute Gasteiger partial charge is 0.342 e. The second-order valence-electron chi connectivity index (χ2n) is 15.7. The number of imidazole rings is 1. The molecule has 2 bridgehead atoms. The third kappa shape index (κ3) is 7.14. The van der Waals surface area contributed by atoms with Gasteiger partial charge in [-0.25, -0.2) is 22.5 Å². The summed E-state index contributed by atoms with van der Waals surface area (Å²) in [6, 6.07) is 18.9. The van der Waals surface area contributed by atoms with Gasteiger partial charge in [0, 0.05) is 31.2 Å². The number of fused-ring (bicyclic) bond motifs is 3. The summed E-state index contributed by atoms with van der Waals surface area (Å²) in [7, 11) is -4.56. The van der Waals surface area contributed by atoms with Crippen molar-refractivity contribution in [2.45, 2.75) is 100 Å². The molecule has 1 N–H and O–H groups in total. The van der Waals surface area contributed by atoms with Crippen LogP contribution < -0.4 is 4.72 Å². The number of rotatable bonds is 9. The van der Waals surface area contributed by atoms with Crippen molar-refractivity contribution in [3.8, 4) is 0 Å². The number of carbonyl (C=O) groups excluding carboxylic acids is 2. The van der Waals surface area contributed by atoms with Crippen molar-refractivity contribution in [3.05, 3.63) is 95.6 Å². The number of nitrogens with zero attached hydrogens (tertiary/aromatic N) is 4. The summed E-state index contributed by atoms with van der Waals surface area (Å²) in [4.78, 5) is 35.6. The fourth-order valence-corrected chi connectivity index (χ4v) is 10.2. The van der Waals surface area contributed by atoms with Gasteiger partial charge < -0.3 is 9.47 Å². The number of halogens is 4. The molecule has 1 aromatic heterocycles. The third-order valence-electron chi connectivity index (χ3n) is 12.1. The van der Waals surface area contributed by atoms with Crippen molar-refractivity contribution in [1.82, 2.24) is 24.1 Å². The van der Waals surface area contributed by atoms with Crippen LogP contribution in [0.5, 0.6) is 0 Å². The lowest BCUT2D eigenvalue weighted by molar-refractivity contribution is -0.149. The Labute approximate surface area is 312 Å². The summed E-state index contributed by atoms with van der Waals surface area (Å²) in [6.45, 7) is 6.11. The molecule has 2 amide bonds. The van der Waals surface area contributed by atoms with Crippen LogP contribution in [-0.4, -0.2) is 71.3 Å². The lowest BCUT2D eigenvalue weighted by atomic mass is 9.70. The van der Waals surface area contributed by atoms with Crippen molar-refractivity contribution in [2.24, 2.45) is 5.41 Å². The minimum Gasteiger partial charge on any atom is -0.342 e. The summed E-state index contributed by atoms with van der Waals surface area (Å²) in [5.41, 5.74) is -0.212. The number of likely N-dealkylation sites (tertiary alicyclic amines) is 1. The first-order valence-electron chi connectivity index (χ1n) is 18.5. The number of amides is 2. The van der Waals surface area contributed by atoms with Gasteiger partial charge in [0.25, 0.3) is 10.0 Å². The van der Waals surface area contributed by atoms with Crippen molar-refractivity contribution in [3.63, 3.8) is 0 Å². The average Bonchev–Trinajstić information content (AvgIpc) is 3.60. The van der Waals surface area contributed by atoms with Gasteiger partial charge in [-0.2, -0.15) is 13.2 Å². The Balaban J connectivity index is 1.03. The Bertz CT molecular complexity index is 2150. The first kappa shape index (κ1) is 38.0. The standard InChI is InChI=1S/C40H45F4N5O4S/c1-26-45-34-9-4-5-10-35(34)49(26)32-24-30-13-14-31(25-32)48(30)22-19-39(28-7-6-8-29(41)23-28)17-20-47(21-18-39)37(51)38(2,3)36(50)46-54(52,53)33-15-11-27(12-16-33)40(42,43)44/h4-12,15-16,23,30-32H,13-14,17-22,24-25H2,1-3H3,(H,46,50). The summed E-state index contributed by atoms with van der Waals surface area (Å²) in [5.74, 6) is -0.965. The van der Waals surface area contributed by atoms with Crippen LogP contribution in [0.1, 0.15) is 81.8 Å². The van der Waals surface area contributed by atoms with E-state index in [-0.39, 0.29) is 18.9 Å². The van der Waals surface area contributed by atoms with E-state index in [1.807, 2.05) is 16.9 Å². The molecule has 0 spiro atoms. The maximum Gasteiger partial charge on any atom is 0.416 e. The number of hydrogen-bond donors (Lipinski definition) is 1. The second-order valence-corrected chi connectivity index (χ2v) is 17.4. The molecule has 54 heavy (non-hydrogen) atoms. The minimum atomic E-state index is -4.66. The molecule has 9 nitrogen and oxygen atoms in total. The van der Waals surface area contributed by atoms with Crippen LogP contribution in [-0.2, 0) is 31.2 Å². The number of sulfonamides is 1. The van der Waals surface area contributed by atoms with Crippen molar-refractivity contribution in [2.75, 3.05) is 19.6 Å². The van der Waals surface area contributed by atoms with Gasteiger partial charge in [-0.1, -0.05) is 24.3 Å². The van der Waals surface area contributed by atoms with E-state index in [0.717, 1.165) is 67.7 Å². The van der Waals surface area contributed by atoms with Gasteiger partial charge in [0.15, 0.2) is 0 Å².